The Morgan fingerprint density at radius 1 is 1.21 bits per heavy atom. The van der Waals surface area contributed by atoms with Crippen LogP contribution in [0.1, 0.15) is 11.7 Å². The maximum absolute atomic E-state index is 11.9. The van der Waals surface area contributed by atoms with Gasteiger partial charge in [-0.25, -0.2) is 28.1 Å². The summed E-state index contributed by atoms with van der Waals surface area (Å²) in [5.41, 5.74) is 0. The first kappa shape index (κ1) is 13.4. The van der Waals surface area contributed by atoms with Crippen molar-refractivity contribution in [2.45, 2.75) is 18.4 Å². The zero-order chi connectivity index (χ0) is 13.9. The predicted molar refractivity (Wildman–Crippen MR) is 66.8 cm³/mol. The summed E-state index contributed by atoms with van der Waals surface area (Å²) in [7, 11) is -2.03. The van der Waals surface area contributed by atoms with Crippen LogP contribution in [-0.2, 0) is 16.6 Å². The number of oxazole rings is 1. The maximum Gasteiger partial charge on any atom is 0.244 e. The monoisotopic (exact) mass is 283 g/mol. The van der Waals surface area contributed by atoms with Crippen LogP contribution in [0.4, 0.5) is 5.95 Å². The Balaban J connectivity index is 2.09. The molecule has 0 amide bonds. The van der Waals surface area contributed by atoms with E-state index in [0.717, 1.165) is 0 Å². The number of aromatic nitrogens is 3. The number of nitrogens with zero attached hydrogens (tertiary/aromatic N) is 3. The minimum atomic E-state index is -3.68. The molecule has 2 aromatic rings. The molecule has 0 aromatic carbocycles. The van der Waals surface area contributed by atoms with Crippen molar-refractivity contribution in [3.63, 3.8) is 0 Å². The van der Waals surface area contributed by atoms with Gasteiger partial charge < -0.3 is 9.73 Å². The minimum absolute atomic E-state index is 0.0187. The van der Waals surface area contributed by atoms with E-state index in [1.54, 1.807) is 14.0 Å². The number of hydrogen-bond donors (Lipinski definition) is 2. The second-order valence-electron chi connectivity index (χ2n) is 3.68. The fourth-order valence-electron chi connectivity index (χ4n) is 1.31. The Kier molecular flexibility index (Phi) is 3.76. The van der Waals surface area contributed by atoms with Crippen LogP contribution in [0.25, 0.3) is 0 Å². The molecule has 2 rings (SSSR count). The highest BCUT2D eigenvalue weighted by atomic mass is 32.2. The highest BCUT2D eigenvalue weighted by Crippen LogP contribution is 2.08. The Bertz CT molecular complexity index is 650. The normalized spacial score (nSPS) is 11.5. The lowest BCUT2D eigenvalue weighted by molar-refractivity contribution is 0.463. The molecule has 0 spiro atoms. The molecule has 0 atom stereocenters. The summed E-state index contributed by atoms with van der Waals surface area (Å²) in [6, 6.07) is 0. The first-order valence-electron chi connectivity index (χ1n) is 5.42. The van der Waals surface area contributed by atoms with Crippen molar-refractivity contribution in [3.05, 3.63) is 30.2 Å². The third-order valence-corrected chi connectivity index (χ3v) is 3.60. The number of rotatable bonds is 5. The summed E-state index contributed by atoms with van der Waals surface area (Å²) in [5.74, 6) is 1.27. The first-order valence-corrected chi connectivity index (χ1v) is 6.90. The minimum Gasteiger partial charge on any atom is -0.445 e. The molecule has 102 valence electrons. The molecule has 0 aliphatic heterocycles. The van der Waals surface area contributed by atoms with E-state index < -0.39 is 10.0 Å². The van der Waals surface area contributed by atoms with Crippen molar-refractivity contribution in [3.8, 4) is 0 Å². The fourth-order valence-corrected chi connectivity index (χ4v) is 2.17. The molecule has 9 heteroatoms. The lowest BCUT2D eigenvalue weighted by Gasteiger charge is -2.04. The Labute approximate surface area is 110 Å². The van der Waals surface area contributed by atoms with Crippen LogP contribution in [0.5, 0.6) is 0 Å². The molecule has 8 nitrogen and oxygen atoms in total. The van der Waals surface area contributed by atoms with Crippen molar-refractivity contribution < 1.29 is 12.8 Å². The van der Waals surface area contributed by atoms with Crippen molar-refractivity contribution in [2.75, 3.05) is 12.4 Å². The molecule has 0 aliphatic carbocycles. The van der Waals surface area contributed by atoms with Crippen molar-refractivity contribution in [2.24, 2.45) is 0 Å². The third-order valence-electron chi connectivity index (χ3n) is 2.24. The predicted octanol–water partition coefficient (Wildman–Crippen LogP) is 0.293. The lowest BCUT2D eigenvalue weighted by Crippen LogP contribution is -2.23. The molecular weight excluding hydrogens is 270 g/mol. The number of aryl methyl sites for hydroxylation is 1. The number of nitrogens with one attached hydrogen (secondary N) is 2. The Hall–Kier alpha value is -2.00. The van der Waals surface area contributed by atoms with Gasteiger partial charge in [0.2, 0.25) is 21.9 Å². The van der Waals surface area contributed by atoms with Crippen molar-refractivity contribution in [1.82, 2.24) is 19.7 Å². The van der Waals surface area contributed by atoms with Gasteiger partial charge >= 0.3 is 0 Å². The van der Waals surface area contributed by atoms with E-state index in [0.29, 0.717) is 17.6 Å². The summed E-state index contributed by atoms with van der Waals surface area (Å²) in [5, 5.41) is 2.70. The molecule has 0 unspecified atom stereocenters. The van der Waals surface area contributed by atoms with Crippen LogP contribution in [0, 0.1) is 6.92 Å². The number of sulfonamides is 1. The average Bonchev–Trinajstić information content (AvgIpc) is 2.82. The van der Waals surface area contributed by atoms with Gasteiger partial charge in [-0.3, -0.25) is 0 Å². The summed E-state index contributed by atoms with van der Waals surface area (Å²) in [6.07, 6.45) is 3.97. The third kappa shape index (κ3) is 3.26. The van der Waals surface area contributed by atoms with Gasteiger partial charge in [0.1, 0.15) is 10.7 Å². The lowest BCUT2D eigenvalue weighted by atomic mass is 10.6. The van der Waals surface area contributed by atoms with E-state index in [4.69, 9.17) is 4.42 Å². The van der Waals surface area contributed by atoms with Crippen LogP contribution in [0.3, 0.4) is 0 Å². The second kappa shape index (κ2) is 5.33. The van der Waals surface area contributed by atoms with Crippen LogP contribution < -0.4 is 10.0 Å². The highest BCUT2D eigenvalue weighted by Gasteiger charge is 2.16. The highest BCUT2D eigenvalue weighted by molar-refractivity contribution is 7.89. The topological polar surface area (TPSA) is 110 Å². The maximum atomic E-state index is 11.9. The number of hydrogen-bond acceptors (Lipinski definition) is 7. The summed E-state index contributed by atoms with van der Waals surface area (Å²) in [6.45, 7) is 1.71. The largest absolute Gasteiger partial charge is 0.445 e. The van der Waals surface area contributed by atoms with Gasteiger partial charge in [0, 0.05) is 7.05 Å². The van der Waals surface area contributed by atoms with Gasteiger partial charge in [0.05, 0.1) is 25.1 Å². The second-order valence-corrected chi connectivity index (χ2v) is 5.45. The van der Waals surface area contributed by atoms with Gasteiger partial charge in [-0.15, -0.1) is 0 Å². The van der Waals surface area contributed by atoms with E-state index in [2.05, 4.69) is 25.0 Å². The molecule has 0 bridgehead atoms. The van der Waals surface area contributed by atoms with Crippen molar-refractivity contribution in [1.29, 1.82) is 0 Å². The van der Waals surface area contributed by atoms with Crippen LogP contribution in [0.2, 0.25) is 0 Å². The molecule has 2 N–H and O–H groups in total. The average molecular weight is 283 g/mol. The summed E-state index contributed by atoms with van der Waals surface area (Å²) >= 11 is 0. The quantitative estimate of drug-likeness (QED) is 0.811. The number of anilines is 1. The van der Waals surface area contributed by atoms with E-state index >= 15 is 0 Å². The molecule has 19 heavy (non-hydrogen) atoms. The molecule has 0 fully saturated rings. The first-order chi connectivity index (χ1) is 9.01. The Morgan fingerprint density at radius 3 is 2.42 bits per heavy atom. The standard InChI is InChI=1S/C10H13N5O3S/c1-7-3-12-9(18-7)6-15-19(16,17)8-4-13-10(11-2)14-5-8/h3-5,15H,6H2,1-2H3,(H,11,13,14). The van der Waals surface area contributed by atoms with E-state index in [9.17, 15) is 8.42 Å². The van der Waals surface area contributed by atoms with Gasteiger partial charge in [-0.2, -0.15) is 0 Å². The van der Waals surface area contributed by atoms with E-state index in [1.165, 1.54) is 18.6 Å². The van der Waals surface area contributed by atoms with E-state index in [-0.39, 0.29) is 11.4 Å². The molecule has 2 aromatic heterocycles. The molecule has 0 saturated carbocycles. The van der Waals surface area contributed by atoms with Crippen LogP contribution >= 0.6 is 0 Å². The SMILES string of the molecule is CNc1ncc(S(=O)(=O)NCc2ncc(C)o2)cn1. The van der Waals surface area contributed by atoms with Crippen LogP contribution in [0.15, 0.2) is 27.9 Å². The molecule has 0 radical (unpaired) electrons. The van der Waals surface area contributed by atoms with Gasteiger partial charge in [-0.05, 0) is 6.92 Å². The van der Waals surface area contributed by atoms with E-state index in [1.807, 2.05) is 0 Å². The molecule has 0 aliphatic rings. The fraction of sp³-hybridized carbons (Fsp3) is 0.300. The molecule has 0 saturated heterocycles. The summed E-state index contributed by atoms with van der Waals surface area (Å²) < 4.78 is 31.4. The van der Waals surface area contributed by atoms with Gasteiger partial charge in [0.25, 0.3) is 0 Å². The zero-order valence-electron chi connectivity index (χ0n) is 10.4. The smallest absolute Gasteiger partial charge is 0.244 e. The van der Waals surface area contributed by atoms with Crippen LogP contribution in [-0.4, -0.2) is 30.4 Å². The molecule has 2 heterocycles. The Morgan fingerprint density at radius 2 is 1.89 bits per heavy atom. The summed E-state index contributed by atoms with van der Waals surface area (Å²) in [4.78, 5) is 11.6. The zero-order valence-corrected chi connectivity index (χ0v) is 11.2. The van der Waals surface area contributed by atoms with Gasteiger partial charge in [0.15, 0.2) is 0 Å². The van der Waals surface area contributed by atoms with Gasteiger partial charge in [-0.1, -0.05) is 0 Å². The van der Waals surface area contributed by atoms with Crippen molar-refractivity contribution >= 4 is 16.0 Å². The molecular formula is C10H13N5O3S.